The predicted octanol–water partition coefficient (Wildman–Crippen LogP) is 2.47. The zero-order valence-electron chi connectivity index (χ0n) is 12.7. The molecule has 0 atom stereocenters. The number of hydrogen-bond donors (Lipinski definition) is 1. The molecule has 1 heterocycles. The quantitative estimate of drug-likeness (QED) is 0.720. The fraction of sp³-hybridized carbons (Fsp3) is 0.438. The Balaban J connectivity index is 1.95. The lowest BCUT2D eigenvalue weighted by molar-refractivity contribution is 0.287. The van der Waals surface area contributed by atoms with E-state index in [1.807, 2.05) is 35.1 Å². The van der Waals surface area contributed by atoms with Gasteiger partial charge in [-0.15, -0.1) is 0 Å². The van der Waals surface area contributed by atoms with Crippen LogP contribution in [-0.4, -0.2) is 30.0 Å². The molecule has 0 aliphatic rings. The lowest BCUT2D eigenvalue weighted by atomic mass is 10.2. The fourth-order valence-corrected chi connectivity index (χ4v) is 2.04. The van der Waals surface area contributed by atoms with Crippen molar-refractivity contribution in [2.45, 2.75) is 26.4 Å². The highest BCUT2D eigenvalue weighted by molar-refractivity contribution is 5.40. The summed E-state index contributed by atoms with van der Waals surface area (Å²) in [6.07, 6.45) is 4.81. The minimum absolute atomic E-state index is 0.592. The number of benzene rings is 1. The van der Waals surface area contributed by atoms with Gasteiger partial charge in [0.05, 0.1) is 13.7 Å². The van der Waals surface area contributed by atoms with E-state index in [0.717, 1.165) is 43.1 Å². The fourth-order valence-electron chi connectivity index (χ4n) is 2.04. The van der Waals surface area contributed by atoms with Gasteiger partial charge in [-0.25, -0.2) is 0 Å². The van der Waals surface area contributed by atoms with Gasteiger partial charge >= 0.3 is 0 Å². The molecule has 1 aromatic heterocycles. The van der Waals surface area contributed by atoms with Gasteiger partial charge in [-0.1, -0.05) is 6.92 Å². The van der Waals surface area contributed by atoms with Crippen molar-refractivity contribution in [3.63, 3.8) is 0 Å². The van der Waals surface area contributed by atoms with E-state index in [1.165, 1.54) is 0 Å². The second-order valence-electron chi connectivity index (χ2n) is 4.77. The van der Waals surface area contributed by atoms with Crippen molar-refractivity contribution in [2.75, 3.05) is 20.3 Å². The molecule has 2 rings (SSSR count). The number of hydrogen-bond acceptors (Lipinski definition) is 4. The highest BCUT2D eigenvalue weighted by atomic mass is 16.5. The summed E-state index contributed by atoms with van der Waals surface area (Å²) in [5.41, 5.74) is 1.11. The Morgan fingerprint density at radius 3 is 2.95 bits per heavy atom. The van der Waals surface area contributed by atoms with Crippen molar-refractivity contribution >= 4 is 0 Å². The zero-order chi connectivity index (χ0) is 14.9. The monoisotopic (exact) mass is 289 g/mol. The summed E-state index contributed by atoms with van der Waals surface area (Å²) in [7, 11) is 1.68. The van der Waals surface area contributed by atoms with Crippen LogP contribution < -0.4 is 14.8 Å². The van der Waals surface area contributed by atoms with E-state index in [2.05, 4.69) is 17.3 Å². The van der Waals surface area contributed by atoms with Gasteiger partial charge in [-0.05, 0) is 37.2 Å². The van der Waals surface area contributed by atoms with Crippen LogP contribution in [0.4, 0.5) is 0 Å². The van der Waals surface area contributed by atoms with Crippen LogP contribution in [0, 0.1) is 0 Å². The van der Waals surface area contributed by atoms with Crippen LogP contribution in [0.5, 0.6) is 11.5 Å². The zero-order valence-corrected chi connectivity index (χ0v) is 12.7. The Morgan fingerprint density at radius 2 is 2.24 bits per heavy atom. The molecule has 0 fully saturated rings. The van der Waals surface area contributed by atoms with Crippen molar-refractivity contribution in [3.05, 3.63) is 42.2 Å². The van der Waals surface area contributed by atoms with Crippen molar-refractivity contribution < 1.29 is 9.47 Å². The second-order valence-corrected chi connectivity index (χ2v) is 4.77. The molecular weight excluding hydrogens is 266 g/mol. The standard InChI is InChI=1S/C16H23N3O2/c1-3-7-17-13-14-12-15(20-2)5-6-16(14)21-11-10-19-9-4-8-18-19/h4-6,8-9,12,17H,3,7,10-11,13H2,1-2H3. The van der Waals surface area contributed by atoms with Gasteiger partial charge in [0.15, 0.2) is 0 Å². The van der Waals surface area contributed by atoms with E-state index >= 15 is 0 Å². The molecule has 0 saturated heterocycles. The molecule has 0 aliphatic carbocycles. The van der Waals surface area contributed by atoms with Gasteiger partial charge in [-0.3, -0.25) is 4.68 Å². The minimum Gasteiger partial charge on any atom is -0.497 e. The summed E-state index contributed by atoms with van der Waals surface area (Å²) in [4.78, 5) is 0. The van der Waals surface area contributed by atoms with Gasteiger partial charge in [0.25, 0.3) is 0 Å². The van der Waals surface area contributed by atoms with Crippen molar-refractivity contribution in [2.24, 2.45) is 0 Å². The molecule has 21 heavy (non-hydrogen) atoms. The maximum atomic E-state index is 5.88. The number of methoxy groups -OCH3 is 1. The summed E-state index contributed by atoms with van der Waals surface area (Å²) < 4.78 is 13.0. The topological polar surface area (TPSA) is 48.3 Å². The molecule has 5 heteroatoms. The number of rotatable bonds is 9. The minimum atomic E-state index is 0.592. The van der Waals surface area contributed by atoms with Gasteiger partial charge in [0.2, 0.25) is 0 Å². The molecule has 2 aromatic rings. The Labute approximate surface area is 125 Å². The lowest BCUT2D eigenvalue weighted by Gasteiger charge is -2.13. The molecule has 114 valence electrons. The van der Waals surface area contributed by atoms with E-state index in [-0.39, 0.29) is 0 Å². The largest absolute Gasteiger partial charge is 0.497 e. The van der Waals surface area contributed by atoms with Crippen molar-refractivity contribution in [3.8, 4) is 11.5 Å². The normalized spacial score (nSPS) is 10.6. The van der Waals surface area contributed by atoms with E-state index in [0.29, 0.717) is 6.61 Å². The summed E-state index contributed by atoms with van der Waals surface area (Å²) in [5.74, 6) is 1.74. The smallest absolute Gasteiger partial charge is 0.124 e. The van der Waals surface area contributed by atoms with Gasteiger partial charge in [0, 0.05) is 24.5 Å². The molecular formula is C16H23N3O2. The van der Waals surface area contributed by atoms with Crippen LogP contribution in [0.15, 0.2) is 36.7 Å². The third kappa shape index (κ3) is 4.79. The van der Waals surface area contributed by atoms with E-state index in [4.69, 9.17) is 9.47 Å². The molecule has 0 amide bonds. The highest BCUT2D eigenvalue weighted by Gasteiger charge is 2.06. The predicted molar refractivity (Wildman–Crippen MR) is 82.7 cm³/mol. The first-order chi connectivity index (χ1) is 10.3. The molecule has 1 N–H and O–H groups in total. The van der Waals surface area contributed by atoms with Crippen LogP contribution in [0.2, 0.25) is 0 Å². The summed E-state index contributed by atoms with van der Waals surface area (Å²) >= 11 is 0. The Kier molecular flexibility index (Phi) is 6.09. The molecule has 0 aliphatic heterocycles. The van der Waals surface area contributed by atoms with Crippen LogP contribution >= 0.6 is 0 Å². The Bertz CT molecular complexity index is 526. The molecule has 0 saturated carbocycles. The van der Waals surface area contributed by atoms with E-state index in [9.17, 15) is 0 Å². The van der Waals surface area contributed by atoms with Crippen LogP contribution in [0.1, 0.15) is 18.9 Å². The van der Waals surface area contributed by atoms with E-state index in [1.54, 1.807) is 13.3 Å². The van der Waals surface area contributed by atoms with Gasteiger partial charge < -0.3 is 14.8 Å². The Hall–Kier alpha value is -2.01. The molecule has 5 nitrogen and oxygen atoms in total. The summed E-state index contributed by atoms with van der Waals surface area (Å²) in [5, 5.41) is 7.56. The SMILES string of the molecule is CCCNCc1cc(OC)ccc1OCCn1cccn1. The maximum Gasteiger partial charge on any atom is 0.124 e. The average Bonchev–Trinajstić information content (AvgIpc) is 3.02. The molecule has 1 aromatic carbocycles. The van der Waals surface area contributed by atoms with Crippen molar-refractivity contribution in [1.82, 2.24) is 15.1 Å². The van der Waals surface area contributed by atoms with Crippen LogP contribution in [0.3, 0.4) is 0 Å². The van der Waals surface area contributed by atoms with Gasteiger partial charge in [-0.2, -0.15) is 5.10 Å². The highest BCUT2D eigenvalue weighted by Crippen LogP contribution is 2.24. The Morgan fingerprint density at radius 1 is 1.33 bits per heavy atom. The first-order valence-electron chi connectivity index (χ1n) is 7.31. The van der Waals surface area contributed by atoms with Gasteiger partial charge in [0.1, 0.15) is 18.1 Å². The van der Waals surface area contributed by atoms with E-state index < -0.39 is 0 Å². The van der Waals surface area contributed by atoms with Crippen LogP contribution in [-0.2, 0) is 13.1 Å². The van der Waals surface area contributed by atoms with Crippen molar-refractivity contribution in [1.29, 1.82) is 0 Å². The molecule has 0 unspecified atom stereocenters. The average molecular weight is 289 g/mol. The molecule has 0 spiro atoms. The number of nitrogens with zero attached hydrogens (tertiary/aromatic N) is 2. The first-order valence-corrected chi connectivity index (χ1v) is 7.31. The second kappa shape index (κ2) is 8.32. The van der Waals surface area contributed by atoms with Crippen LogP contribution in [0.25, 0.3) is 0 Å². The number of aromatic nitrogens is 2. The molecule has 0 radical (unpaired) electrons. The summed E-state index contributed by atoms with van der Waals surface area (Å²) in [6.45, 7) is 5.25. The molecule has 0 bridgehead atoms. The first kappa shape index (κ1) is 15.4. The lowest BCUT2D eigenvalue weighted by Crippen LogP contribution is -2.15. The maximum absolute atomic E-state index is 5.88. The third-order valence-corrected chi connectivity index (χ3v) is 3.15. The number of nitrogens with one attached hydrogen (secondary N) is 1. The third-order valence-electron chi connectivity index (χ3n) is 3.15. The summed E-state index contributed by atoms with van der Waals surface area (Å²) in [6, 6.07) is 7.82. The number of ether oxygens (including phenoxy) is 2.